The van der Waals surface area contributed by atoms with Crippen LogP contribution < -0.4 is 4.90 Å². The molecule has 0 saturated heterocycles. The van der Waals surface area contributed by atoms with Gasteiger partial charge >= 0.3 is 12.1 Å². The molecule has 2 aromatic rings. The molecule has 182 valence electrons. The predicted octanol–water partition coefficient (Wildman–Crippen LogP) is 3.86. The number of nitrogens with zero attached hydrogens (tertiary/aromatic N) is 1. The Bertz CT molecular complexity index is 1210. The van der Waals surface area contributed by atoms with E-state index in [-0.39, 0.29) is 17.9 Å². The lowest BCUT2D eigenvalue weighted by Crippen LogP contribution is -2.50. The number of anilines is 1. The number of para-hydroxylation sites is 1. The highest BCUT2D eigenvalue weighted by atomic mass is 16.6. The Balaban J connectivity index is 1.92. The van der Waals surface area contributed by atoms with E-state index in [1.165, 1.54) is 0 Å². The van der Waals surface area contributed by atoms with Gasteiger partial charge in [0, 0.05) is 12.0 Å². The summed E-state index contributed by atoms with van der Waals surface area (Å²) in [6.45, 7) is 6.62. The minimum absolute atomic E-state index is 0.0103. The third kappa shape index (κ3) is 3.92. The molecule has 1 fully saturated rings. The molecule has 0 bridgehead atoms. The molecule has 35 heavy (non-hydrogen) atoms. The summed E-state index contributed by atoms with van der Waals surface area (Å²) in [6, 6.07) is 14.7. The van der Waals surface area contributed by atoms with Gasteiger partial charge in [-0.1, -0.05) is 48.5 Å². The number of carbonyl (C=O) groups excluding carboxylic acids is 5. The number of esters is 1. The monoisotopic (exact) mass is 477 g/mol. The minimum Gasteiger partial charge on any atom is -0.465 e. The zero-order valence-corrected chi connectivity index (χ0v) is 20.1. The molecular weight excluding hydrogens is 450 g/mol. The van der Waals surface area contributed by atoms with Gasteiger partial charge in [0.2, 0.25) is 5.91 Å². The van der Waals surface area contributed by atoms with Crippen LogP contribution in [0.2, 0.25) is 0 Å². The van der Waals surface area contributed by atoms with Crippen LogP contribution >= 0.6 is 0 Å². The average molecular weight is 478 g/mol. The van der Waals surface area contributed by atoms with Crippen LogP contribution in [0.15, 0.2) is 54.6 Å². The standard InChI is InChI=1S/C27H27NO7/c1-5-34-23(31)20-19(29)15-27(21(20)22(30)16-11-7-6-8-12-16)17-13-9-10-14-18(17)28(24(27)32)25(33)35-26(2,3)4/h6-14,20-21H,5,15H2,1-4H3. The summed E-state index contributed by atoms with van der Waals surface area (Å²) in [5, 5.41) is 0. The van der Waals surface area contributed by atoms with Crippen molar-refractivity contribution in [3.05, 3.63) is 65.7 Å². The molecule has 1 spiro atoms. The maximum absolute atomic E-state index is 14.1. The van der Waals surface area contributed by atoms with E-state index in [1.54, 1.807) is 82.3 Å². The second-order valence-corrected chi connectivity index (χ2v) is 9.69. The molecule has 2 aliphatic rings. The molecule has 1 aliphatic carbocycles. The van der Waals surface area contributed by atoms with E-state index in [0.717, 1.165) is 4.90 Å². The van der Waals surface area contributed by atoms with Crippen molar-refractivity contribution >= 4 is 35.2 Å². The van der Waals surface area contributed by atoms with Crippen LogP contribution in [0.3, 0.4) is 0 Å². The summed E-state index contributed by atoms with van der Waals surface area (Å²) in [6.07, 6.45) is -1.32. The fourth-order valence-corrected chi connectivity index (χ4v) is 5.05. The van der Waals surface area contributed by atoms with Crippen molar-refractivity contribution in [2.75, 3.05) is 11.5 Å². The Morgan fingerprint density at radius 2 is 1.63 bits per heavy atom. The zero-order chi connectivity index (χ0) is 25.5. The van der Waals surface area contributed by atoms with E-state index in [2.05, 4.69) is 0 Å². The first-order chi connectivity index (χ1) is 16.5. The van der Waals surface area contributed by atoms with Gasteiger partial charge < -0.3 is 9.47 Å². The Labute approximate surface area is 203 Å². The van der Waals surface area contributed by atoms with Crippen molar-refractivity contribution in [1.82, 2.24) is 0 Å². The van der Waals surface area contributed by atoms with E-state index >= 15 is 0 Å². The van der Waals surface area contributed by atoms with E-state index < -0.39 is 58.8 Å². The molecule has 2 amide bonds. The Kier molecular flexibility index (Phi) is 6.09. The fourth-order valence-electron chi connectivity index (χ4n) is 5.05. The topological polar surface area (TPSA) is 107 Å². The predicted molar refractivity (Wildman–Crippen MR) is 126 cm³/mol. The van der Waals surface area contributed by atoms with E-state index in [1.807, 2.05) is 0 Å². The maximum atomic E-state index is 14.1. The SMILES string of the molecule is CCOC(=O)C1C(=O)CC2(C(=O)N(C(=O)OC(C)(C)C)c3ccccc32)C1C(=O)c1ccccc1. The molecule has 1 saturated carbocycles. The molecule has 3 unspecified atom stereocenters. The number of benzene rings is 2. The first-order valence-corrected chi connectivity index (χ1v) is 11.5. The Morgan fingerprint density at radius 1 is 1.00 bits per heavy atom. The number of fused-ring (bicyclic) bond motifs is 2. The largest absolute Gasteiger partial charge is 0.465 e. The average Bonchev–Trinajstić information content (AvgIpc) is 3.24. The molecule has 1 aliphatic heterocycles. The number of rotatable bonds is 4. The fraction of sp³-hybridized carbons (Fsp3) is 0.370. The van der Waals surface area contributed by atoms with Gasteiger partial charge in [0.05, 0.1) is 23.6 Å². The van der Waals surface area contributed by atoms with E-state index in [4.69, 9.17) is 9.47 Å². The normalized spacial score (nSPS) is 23.4. The summed E-state index contributed by atoms with van der Waals surface area (Å²) >= 11 is 0. The summed E-state index contributed by atoms with van der Waals surface area (Å²) < 4.78 is 10.6. The number of ether oxygens (including phenoxy) is 2. The quantitative estimate of drug-likeness (QED) is 0.374. The number of hydrogen-bond donors (Lipinski definition) is 0. The maximum Gasteiger partial charge on any atom is 0.421 e. The van der Waals surface area contributed by atoms with Gasteiger partial charge in [-0.25, -0.2) is 9.69 Å². The van der Waals surface area contributed by atoms with Crippen LogP contribution in [0.25, 0.3) is 0 Å². The third-order valence-corrected chi connectivity index (χ3v) is 6.33. The van der Waals surface area contributed by atoms with Crippen molar-refractivity contribution in [3.8, 4) is 0 Å². The first-order valence-electron chi connectivity index (χ1n) is 11.5. The second kappa shape index (κ2) is 8.76. The molecule has 8 nitrogen and oxygen atoms in total. The van der Waals surface area contributed by atoms with Gasteiger partial charge in [-0.05, 0) is 39.3 Å². The Hall–Kier alpha value is -3.81. The lowest BCUT2D eigenvalue weighted by Gasteiger charge is -2.31. The molecular formula is C27H27NO7. The number of ketones is 2. The van der Waals surface area contributed by atoms with Gasteiger partial charge in [-0.3, -0.25) is 19.2 Å². The lowest BCUT2D eigenvalue weighted by atomic mass is 9.68. The van der Waals surface area contributed by atoms with Crippen LogP contribution in [-0.2, 0) is 29.3 Å². The molecule has 0 aromatic heterocycles. The smallest absolute Gasteiger partial charge is 0.421 e. The van der Waals surface area contributed by atoms with Gasteiger partial charge in [0.25, 0.3) is 0 Å². The molecule has 8 heteroatoms. The highest BCUT2D eigenvalue weighted by molar-refractivity contribution is 6.27. The van der Waals surface area contributed by atoms with Crippen molar-refractivity contribution in [1.29, 1.82) is 0 Å². The summed E-state index contributed by atoms with van der Waals surface area (Å²) in [4.78, 5) is 68.3. The first kappa shape index (κ1) is 24.3. The van der Waals surface area contributed by atoms with Gasteiger partial charge in [0.1, 0.15) is 17.3 Å². The summed E-state index contributed by atoms with van der Waals surface area (Å²) in [5.41, 5.74) is -1.81. The lowest BCUT2D eigenvalue weighted by molar-refractivity contribution is -0.151. The minimum atomic E-state index is -1.74. The van der Waals surface area contributed by atoms with Crippen molar-refractivity contribution in [2.45, 2.75) is 45.1 Å². The summed E-state index contributed by atoms with van der Waals surface area (Å²) in [7, 11) is 0. The third-order valence-electron chi connectivity index (χ3n) is 6.33. The second-order valence-electron chi connectivity index (χ2n) is 9.69. The highest BCUT2D eigenvalue weighted by Gasteiger charge is 2.69. The zero-order valence-electron chi connectivity index (χ0n) is 20.1. The molecule has 1 heterocycles. The highest BCUT2D eigenvalue weighted by Crippen LogP contribution is 2.56. The van der Waals surface area contributed by atoms with Crippen LogP contribution in [0.4, 0.5) is 10.5 Å². The van der Waals surface area contributed by atoms with Gasteiger partial charge in [0.15, 0.2) is 5.78 Å². The number of carbonyl (C=O) groups is 5. The van der Waals surface area contributed by atoms with Gasteiger partial charge in [-0.2, -0.15) is 0 Å². The molecule has 2 aromatic carbocycles. The van der Waals surface area contributed by atoms with E-state index in [0.29, 0.717) is 5.56 Å². The van der Waals surface area contributed by atoms with Crippen molar-refractivity contribution in [2.24, 2.45) is 11.8 Å². The molecule has 4 rings (SSSR count). The number of amides is 2. The van der Waals surface area contributed by atoms with Crippen LogP contribution in [0, 0.1) is 11.8 Å². The van der Waals surface area contributed by atoms with E-state index in [9.17, 15) is 24.0 Å². The van der Waals surface area contributed by atoms with Crippen molar-refractivity contribution < 1.29 is 33.4 Å². The molecule has 3 atom stereocenters. The van der Waals surface area contributed by atoms with Crippen LogP contribution in [-0.4, -0.2) is 41.7 Å². The van der Waals surface area contributed by atoms with Gasteiger partial charge in [-0.15, -0.1) is 0 Å². The van der Waals surface area contributed by atoms with Crippen LogP contribution in [0.5, 0.6) is 0 Å². The number of Topliss-reactive ketones (excluding diaryl/α,β-unsaturated/α-hetero) is 2. The molecule has 0 radical (unpaired) electrons. The Morgan fingerprint density at radius 3 is 2.26 bits per heavy atom. The number of hydrogen-bond acceptors (Lipinski definition) is 7. The van der Waals surface area contributed by atoms with Crippen LogP contribution in [0.1, 0.15) is 50.0 Å². The molecule has 0 N–H and O–H groups in total. The van der Waals surface area contributed by atoms with Crippen molar-refractivity contribution in [3.63, 3.8) is 0 Å². The summed E-state index contributed by atoms with van der Waals surface area (Å²) in [5.74, 6) is -5.58. The number of imide groups is 1.